The van der Waals surface area contributed by atoms with E-state index in [4.69, 9.17) is 11.6 Å². The summed E-state index contributed by atoms with van der Waals surface area (Å²) in [5, 5.41) is 4.14. The second-order valence-corrected chi connectivity index (χ2v) is 5.77. The molecule has 0 saturated carbocycles. The Labute approximate surface area is 127 Å². The first-order valence-electron chi connectivity index (χ1n) is 5.81. The molecule has 0 fully saturated rings. The third-order valence-electron chi connectivity index (χ3n) is 3.00. The van der Waals surface area contributed by atoms with Crippen molar-refractivity contribution in [3.63, 3.8) is 0 Å². The lowest BCUT2D eigenvalue weighted by molar-refractivity contribution is 0.688. The van der Waals surface area contributed by atoms with Crippen molar-refractivity contribution in [2.24, 2.45) is 0 Å². The highest BCUT2D eigenvalue weighted by Gasteiger charge is 2.15. The standard InChI is InChI=1S/C15H15ClIN/c1-10-5-3-8-13(14(10)17)15(18-2)11-6-4-7-12(16)9-11/h3-9,15,18H,1-2H3. The normalized spacial score (nSPS) is 12.4. The van der Waals surface area contributed by atoms with Crippen LogP contribution in [0.2, 0.25) is 5.02 Å². The van der Waals surface area contributed by atoms with E-state index in [1.807, 2.05) is 25.2 Å². The number of rotatable bonds is 3. The summed E-state index contributed by atoms with van der Waals surface area (Å²) in [6, 6.07) is 14.6. The van der Waals surface area contributed by atoms with Gasteiger partial charge in [-0.1, -0.05) is 41.9 Å². The summed E-state index contributed by atoms with van der Waals surface area (Å²) in [7, 11) is 1.98. The maximum absolute atomic E-state index is 6.07. The van der Waals surface area contributed by atoms with E-state index in [1.165, 1.54) is 20.3 Å². The molecule has 18 heavy (non-hydrogen) atoms. The first kappa shape index (κ1) is 13.8. The minimum atomic E-state index is 0.176. The number of hydrogen-bond donors (Lipinski definition) is 1. The van der Waals surface area contributed by atoms with E-state index in [0.29, 0.717) is 0 Å². The molecule has 2 rings (SSSR count). The number of halogens is 2. The maximum Gasteiger partial charge on any atom is 0.0585 e. The molecule has 0 radical (unpaired) electrons. The number of nitrogens with one attached hydrogen (secondary N) is 1. The largest absolute Gasteiger partial charge is 0.309 e. The van der Waals surface area contributed by atoms with Gasteiger partial charge < -0.3 is 5.32 Å². The summed E-state index contributed by atoms with van der Waals surface area (Å²) in [4.78, 5) is 0. The van der Waals surface area contributed by atoms with Crippen molar-refractivity contribution >= 4 is 34.2 Å². The number of benzene rings is 2. The van der Waals surface area contributed by atoms with E-state index < -0.39 is 0 Å². The molecule has 1 atom stereocenters. The van der Waals surface area contributed by atoms with E-state index in [-0.39, 0.29) is 6.04 Å². The van der Waals surface area contributed by atoms with Gasteiger partial charge in [0.2, 0.25) is 0 Å². The fraction of sp³-hybridized carbons (Fsp3) is 0.200. The Hall–Kier alpha value is -0.580. The molecular formula is C15H15ClIN. The third-order valence-corrected chi connectivity index (χ3v) is 4.71. The highest BCUT2D eigenvalue weighted by molar-refractivity contribution is 14.1. The first-order chi connectivity index (χ1) is 8.63. The minimum absolute atomic E-state index is 0.176. The van der Waals surface area contributed by atoms with Crippen LogP contribution < -0.4 is 5.32 Å². The van der Waals surface area contributed by atoms with E-state index in [2.05, 4.69) is 59.1 Å². The first-order valence-corrected chi connectivity index (χ1v) is 7.27. The SMILES string of the molecule is CNC(c1cccc(Cl)c1)c1cccc(C)c1I. The molecule has 0 aliphatic heterocycles. The van der Waals surface area contributed by atoms with Gasteiger partial charge in [0.1, 0.15) is 0 Å². The van der Waals surface area contributed by atoms with Gasteiger partial charge in [0.15, 0.2) is 0 Å². The quantitative estimate of drug-likeness (QED) is 0.780. The summed E-state index contributed by atoms with van der Waals surface area (Å²) in [6.07, 6.45) is 0. The lowest BCUT2D eigenvalue weighted by Crippen LogP contribution is -2.19. The molecule has 0 aromatic heterocycles. The molecule has 0 spiro atoms. The van der Waals surface area contributed by atoms with Gasteiger partial charge in [0, 0.05) is 8.59 Å². The summed E-state index contributed by atoms with van der Waals surface area (Å²) >= 11 is 8.48. The molecule has 94 valence electrons. The molecule has 1 N–H and O–H groups in total. The lowest BCUT2D eigenvalue weighted by Gasteiger charge is -2.20. The van der Waals surface area contributed by atoms with Crippen molar-refractivity contribution in [1.82, 2.24) is 5.32 Å². The monoisotopic (exact) mass is 371 g/mol. The summed E-state index contributed by atoms with van der Waals surface area (Å²) in [5.74, 6) is 0. The van der Waals surface area contributed by atoms with Gasteiger partial charge in [0.05, 0.1) is 6.04 Å². The number of hydrogen-bond acceptors (Lipinski definition) is 1. The van der Waals surface area contributed by atoms with Crippen molar-refractivity contribution in [2.45, 2.75) is 13.0 Å². The van der Waals surface area contributed by atoms with E-state index in [9.17, 15) is 0 Å². The fourth-order valence-corrected chi connectivity index (χ4v) is 2.95. The van der Waals surface area contributed by atoms with E-state index in [0.717, 1.165) is 5.02 Å². The van der Waals surface area contributed by atoms with Crippen LogP contribution in [-0.4, -0.2) is 7.05 Å². The molecular weight excluding hydrogens is 357 g/mol. The van der Waals surface area contributed by atoms with Gasteiger partial charge in [0.25, 0.3) is 0 Å². The van der Waals surface area contributed by atoms with Crippen LogP contribution in [0.1, 0.15) is 22.7 Å². The smallest absolute Gasteiger partial charge is 0.0585 e. The predicted molar refractivity (Wildman–Crippen MR) is 86.3 cm³/mol. The fourth-order valence-electron chi connectivity index (χ4n) is 2.08. The van der Waals surface area contributed by atoms with Crippen molar-refractivity contribution in [2.75, 3.05) is 7.05 Å². The number of aryl methyl sites for hydroxylation is 1. The molecule has 0 amide bonds. The Morgan fingerprint density at radius 2 is 1.89 bits per heavy atom. The van der Waals surface area contributed by atoms with Gasteiger partial charge in [-0.3, -0.25) is 0 Å². The average molecular weight is 372 g/mol. The van der Waals surface area contributed by atoms with Gasteiger partial charge in [-0.2, -0.15) is 0 Å². The van der Waals surface area contributed by atoms with Gasteiger partial charge in [-0.15, -0.1) is 0 Å². The molecule has 0 aliphatic rings. The van der Waals surface area contributed by atoms with Crippen LogP contribution >= 0.6 is 34.2 Å². The molecule has 0 heterocycles. The Bertz CT molecular complexity index is 554. The highest BCUT2D eigenvalue weighted by atomic mass is 127. The van der Waals surface area contributed by atoms with Crippen molar-refractivity contribution in [1.29, 1.82) is 0 Å². The molecule has 0 bridgehead atoms. The second-order valence-electron chi connectivity index (χ2n) is 4.25. The van der Waals surface area contributed by atoms with Crippen molar-refractivity contribution < 1.29 is 0 Å². The van der Waals surface area contributed by atoms with Crippen LogP contribution in [0.3, 0.4) is 0 Å². The molecule has 2 aromatic rings. The molecule has 0 saturated heterocycles. The van der Waals surface area contributed by atoms with E-state index >= 15 is 0 Å². The zero-order chi connectivity index (χ0) is 13.1. The summed E-state index contributed by atoms with van der Waals surface area (Å²) < 4.78 is 1.30. The Balaban J connectivity index is 2.49. The molecule has 0 aliphatic carbocycles. The topological polar surface area (TPSA) is 12.0 Å². The third kappa shape index (κ3) is 2.87. The molecule has 3 heteroatoms. The molecule has 1 unspecified atom stereocenters. The summed E-state index contributed by atoms with van der Waals surface area (Å²) in [5.41, 5.74) is 3.78. The van der Waals surface area contributed by atoms with Crippen LogP contribution in [-0.2, 0) is 0 Å². The predicted octanol–water partition coefficient (Wildman–Crippen LogP) is 4.56. The minimum Gasteiger partial charge on any atom is -0.309 e. The van der Waals surface area contributed by atoms with Crippen LogP contribution in [0.5, 0.6) is 0 Å². The van der Waals surface area contributed by atoms with Crippen molar-refractivity contribution in [3.8, 4) is 0 Å². The van der Waals surface area contributed by atoms with Crippen LogP contribution in [0, 0.1) is 10.5 Å². The van der Waals surface area contributed by atoms with Gasteiger partial charge >= 0.3 is 0 Å². The van der Waals surface area contributed by atoms with Crippen molar-refractivity contribution in [3.05, 3.63) is 67.7 Å². The summed E-state index contributed by atoms with van der Waals surface area (Å²) in [6.45, 7) is 2.13. The lowest BCUT2D eigenvalue weighted by atomic mass is 9.97. The van der Waals surface area contributed by atoms with Crippen LogP contribution in [0.25, 0.3) is 0 Å². The zero-order valence-corrected chi connectivity index (χ0v) is 13.3. The second kappa shape index (κ2) is 6.04. The highest BCUT2D eigenvalue weighted by Crippen LogP contribution is 2.29. The van der Waals surface area contributed by atoms with E-state index in [1.54, 1.807) is 0 Å². The molecule has 1 nitrogen and oxygen atoms in total. The zero-order valence-electron chi connectivity index (χ0n) is 10.4. The average Bonchev–Trinajstić information content (AvgIpc) is 2.35. The Morgan fingerprint density at radius 3 is 2.56 bits per heavy atom. The Morgan fingerprint density at radius 1 is 1.17 bits per heavy atom. The Kier molecular flexibility index (Phi) is 4.65. The van der Waals surface area contributed by atoms with Crippen LogP contribution in [0.4, 0.5) is 0 Å². The maximum atomic E-state index is 6.07. The molecule has 2 aromatic carbocycles. The van der Waals surface area contributed by atoms with Gasteiger partial charge in [-0.25, -0.2) is 0 Å². The van der Waals surface area contributed by atoms with Crippen LogP contribution in [0.15, 0.2) is 42.5 Å². The van der Waals surface area contributed by atoms with Gasteiger partial charge in [-0.05, 0) is 65.4 Å².